The SMILES string of the molecule is COCCN(C)C[C@H]1CO[C@@]2(CCCN(C(=O)c3cnn4cccnc34)C2)C1. The Balaban J connectivity index is 1.41. The molecule has 2 aliphatic heterocycles. The molecule has 2 aliphatic rings. The second-order valence-electron chi connectivity index (χ2n) is 8.10. The summed E-state index contributed by atoms with van der Waals surface area (Å²) in [6.45, 7) is 4.83. The van der Waals surface area contributed by atoms with E-state index >= 15 is 0 Å². The van der Waals surface area contributed by atoms with Crippen molar-refractivity contribution in [3.8, 4) is 0 Å². The Morgan fingerprint density at radius 1 is 1.50 bits per heavy atom. The van der Waals surface area contributed by atoms with Gasteiger partial charge in [0.15, 0.2) is 5.65 Å². The molecule has 8 heteroatoms. The quantitative estimate of drug-likeness (QED) is 0.744. The molecule has 2 aromatic heterocycles. The van der Waals surface area contributed by atoms with Crippen molar-refractivity contribution in [3.05, 3.63) is 30.2 Å². The van der Waals surface area contributed by atoms with E-state index in [0.717, 1.165) is 52.1 Å². The molecule has 1 spiro atoms. The molecule has 4 rings (SSSR count). The predicted octanol–water partition coefficient (Wildman–Crippen LogP) is 1.32. The third-order valence-electron chi connectivity index (χ3n) is 5.87. The molecule has 2 atom stereocenters. The standard InChI is InChI=1S/C20H29N5O3/c1-23(9-10-27-2)13-16-11-20(28-14-16)5-3-7-24(15-20)19(26)17-12-22-25-8-4-6-21-18(17)25/h4,6,8,12,16H,3,5,7,9-11,13-15H2,1-2H3/t16-,20-/m0/s1. The van der Waals surface area contributed by atoms with Crippen LogP contribution >= 0.6 is 0 Å². The lowest BCUT2D eigenvalue weighted by atomic mass is 9.86. The van der Waals surface area contributed by atoms with Gasteiger partial charge in [-0.25, -0.2) is 9.50 Å². The second-order valence-corrected chi connectivity index (χ2v) is 8.10. The lowest BCUT2D eigenvalue weighted by molar-refractivity contribution is -0.0450. The smallest absolute Gasteiger partial charge is 0.259 e. The molecule has 0 bridgehead atoms. The number of carbonyl (C=O) groups excluding carboxylic acids is 1. The fraction of sp³-hybridized carbons (Fsp3) is 0.650. The summed E-state index contributed by atoms with van der Waals surface area (Å²) in [5.41, 5.74) is 0.959. The van der Waals surface area contributed by atoms with E-state index in [4.69, 9.17) is 9.47 Å². The van der Waals surface area contributed by atoms with E-state index in [0.29, 0.717) is 23.7 Å². The molecule has 2 aromatic rings. The van der Waals surface area contributed by atoms with Gasteiger partial charge in [-0.15, -0.1) is 0 Å². The number of rotatable bonds is 6. The van der Waals surface area contributed by atoms with Gasteiger partial charge in [0.1, 0.15) is 5.56 Å². The van der Waals surface area contributed by atoms with Gasteiger partial charge in [-0.2, -0.15) is 5.10 Å². The molecule has 2 fully saturated rings. The molecular weight excluding hydrogens is 358 g/mol. The number of amides is 1. The highest BCUT2D eigenvalue weighted by atomic mass is 16.5. The number of nitrogens with zero attached hydrogens (tertiary/aromatic N) is 5. The molecule has 4 heterocycles. The first kappa shape index (κ1) is 19.3. The number of aromatic nitrogens is 3. The topological polar surface area (TPSA) is 72.2 Å². The van der Waals surface area contributed by atoms with Crippen molar-refractivity contribution in [2.75, 3.05) is 53.6 Å². The van der Waals surface area contributed by atoms with Crippen LogP contribution in [0.2, 0.25) is 0 Å². The van der Waals surface area contributed by atoms with Gasteiger partial charge >= 0.3 is 0 Å². The number of piperidine rings is 1. The van der Waals surface area contributed by atoms with Crippen LogP contribution in [0.1, 0.15) is 29.6 Å². The van der Waals surface area contributed by atoms with Gasteiger partial charge in [0.05, 0.1) is 25.0 Å². The summed E-state index contributed by atoms with van der Waals surface area (Å²) in [6, 6.07) is 1.81. The second kappa shape index (κ2) is 8.14. The third kappa shape index (κ3) is 3.90. The molecule has 0 N–H and O–H groups in total. The molecule has 28 heavy (non-hydrogen) atoms. The van der Waals surface area contributed by atoms with Crippen molar-refractivity contribution in [2.45, 2.75) is 24.9 Å². The fourth-order valence-corrected chi connectivity index (χ4v) is 4.54. The Labute approximate surface area is 165 Å². The minimum absolute atomic E-state index is 0.00274. The largest absolute Gasteiger partial charge is 0.383 e. The van der Waals surface area contributed by atoms with Crippen LogP contribution in [0.3, 0.4) is 0 Å². The first-order valence-electron chi connectivity index (χ1n) is 9.99. The molecule has 0 aromatic carbocycles. The van der Waals surface area contributed by atoms with Gasteiger partial charge < -0.3 is 19.3 Å². The van der Waals surface area contributed by atoms with Crippen LogP contribution in [0.4, 0.5) is 0 Å². The fourth-order valence-electron chi connectivity index (χ4n) is 4.54. The van der Waals surface area contributed by atoms with Gasteiger partial charge in [0, 0.05) is 45.7 Å². The molecular formula is C20H29N5O3. The zero-order valence-electron chi connectivity index (χ0n) is 16.7. The summed E-state index contributed by atoms with van der Waals surface area (Å²) in [5.74, 6) is 0.493. The third-order valence-corrected chi connectivity index (χ3v) is 5.87. The summed E-state index contributed by atoms with van der Waals surface area (Å²) >= 11 is 0. The Kier molecular flexibility index (Phi) is 5.61. The zero-order valence-corrected chi connectivity index (χ0v) is 16.7. The molecule has 0 aliphatic carbocycles. The highest BCUT2D eigenvalue weighted by Crippen LogP contribution is 2.38. The van der Waals surface area contributed by atoms with Crippen LogP contribution in [0.15, 0.2) is 24.7 Å². The Hall–Kier alpha value is -2.03. The van der Waals surface area contributed by atoms with Gasteiger partial charge in [-0.3, -0.25) is 4.79 Å². The van der Waals surface area contributed by atoms with Crippen LogP contribution < -0.4 is 0 Å². The molecule has 0 unspecified atom stereocenters. The molecule has 2 saturated heterocycles. The Bertz CT molecular complexity index is 825. The van der Waals surface area contributed by atoms with Crippen molar-refractivity contribution in [2.24, 2.45) is 5.92 Å². The van der Waals surface area contributed by atoms with E-state index in [1.165, 1.54) is 0 Å². The highest BCUT2D eigenvalue weighted by Gasteiger charge is 2.44. The van der Waals surface area contributed by atoms with Crippen molar-refractivity contribution in [1.29, 1.82) is 0 Å². The summed E-state index contributed by atoms with van der Waals surface area (Å²) < 4.78 is 13.1. The van der Waals surface area contributed by atoms with Crippen molar-refractivity contribution < 1.29 is 14.3 Å². The number of methoxy groups -OCH3 is 1. The zero-order chi connectivity index (χ0) is 19.6. The normalized spacial score (nSPS) is 25.2. The summed E-state index contributed by atoms with van der Waals surface area (Å²) in [5, 5.41) is 4.25. The highest BCUT2D eigenvalue weighted by molar-refractivity contribution is 5.99. The maximum atomic E-state index is 13.1. The molecule has 8 nitrogen and oxygen atoms in total. The van der Waals surface area contributed by atoms with Crippen LogP contribution in [-0.4, -0.2) is 89.5 Å². The minimum Gasteiger partial charge on any atom is -0.383 e. The van der Waals surface area contributed by atoms with Crippen molar-refractivity contribution in [1.82, 2.24) is 24.4 Å². The molecule has 1 amide bonds. The van der Waals surface area contributed by atoms with E-state index in [9.17, 15) is 4.79 Å². The number of hydrogen-bond donors (Lipinski definition) is 0. The van der Waals surface area contributed by atoms with E-state index < -0.39 is 0 Å². The van der Waals surface area contributed by atoms with E-state index in [1.54, 1.807) is 30.1 Å². The van der Waals surface area contributed by atoms with Crippen LogP contribution in [0.25, 0.3) is 5.65 Å². The van der Waals surface area contributed by atoms with Crippen LogP contribution in [-0.2, 0) is 9.47 Å². The number of fused-ring (bicyclic) bond motifs is 1. The first-order chi connectivity index (χ1) is 13.6. The van der Waals surface area contributed by atoms with Crippen molar-refractivity contribution in [3.63, 3.8) is 0 Å². The summed E-state index contributed by atoms with van der Waals surface area (Å²) in [6.07, 6.45) is 8.10. The number of likely N-dealkylation sites (N-methyl/N-ethyl adjacent to an activating group) is 1. The number of likely N-dealkylation sites (tertiary alicyclic amines) is 1. The van der Waals surface area contributed by atoms with Gasteiger partial charge in [0.2, 0.25) is 0 Å². The Morgan fingerprint density at radius 3 is 3.25 bits per heavy atom. The summed E-state index contributed by atoms with van der Waals surface area (Å²) in [7, 11) is 3.85. The van der Waals surface area contributed by atoms with Crippen LogP contribution in [0, 0.1) is 5.92 Å². The lowest BCUT2D eigenvalue weighted by Gasteiger charge is -2.39. The molecule has 152 valence electrons. The number of carbonyl (C=O) groups is 1. The number of hydrogen-bond acceptors (Lipinski definition) is 6. The van der Waals surface area contributed by atoms with Gasteiger partial charge in [-0.05, 0) is 38.3 Å². The van der Waals surface area contributed by atoms with Crippen molar-refractivity contribution >= 4 is 11.6 Å². The summed E-state index contributed by atoms with van der Waals surface area (Å²) in [4.78, 5) is 21.7. The van der Waals surface area contributed by atoms with E-state index in [-0.39, 0.29) is 11.5 Å². The monoisotopic (exact) mass is 387 g/mol. The lowest BCUT2D eigenvalue weighted by Crippen LogP contribution is -2.50. The average Bonchev–Trinajstić information content (AvgIpc) is 3.30. The van der Waals surface area contributed by atoms with E-state index in [1.807, 2.05) is 11.1 Å². The van der Waals surface area contributed by atoms with Gasteiger partial charge in [-0.1, -0.05) is 0 Å². The first-order valence-corrected chi connectivity index (χ1v) is 9.99. The van der Waals surface area contributed by atoms with Gasteiger partial charge in [0.25, 0.3) is 5.91 Å². The van der Waals surface area contributed by atoms with Crippen LogP contribution in [0.5, 0.6) is 0 Å². The maximum absolute atomic E-state index is 13.1. The maximum Gasteiger partial charge on any atom is 0.259 e. The molecule has 0 saturated carbocycles. The number of ether oxygens (including phenoxy) is 2. The average molecular weight is 387 g/mol. The minimum atomic E-state index is -0.211. The van der Waals surface area contributed by atoms with E-state index in [2.05, 4.69) is 22.0 Å². The molecule has 0 radical (unpaired) electrons. The predicted molar refractivity (Wildman–Crippen MR) is 104 cm³/mol. The Morgan fingerprint density at radius 2 is 2.39 bits per heavy atom.